The maximum absolute atomic E-state index is 8.83. The summed E-state index contributed by atoms with van der Waals surface area (Å²) in [7, 11) is 1.82. The summed E-state index contributed by atoms with van der Waals surface area (Å²) in [5.41, 5.74) is 1.50. The van der Waals surface area contributed by atoms with Gasteiger partial charge >= 0.3 is 0 Å². The van der Waals surface area contributed by atoms with Gasteiger partial charge in [0.15, 0.2) is 0 Å². The van der Waals surface area contributed by atoms with E-state index in [9.17, 15) is 0 Å². The molecule has 1 heterocycles. The van der Waals surface area contributed by atoms with Gasteiger partial charge in [-0.25, -0.2) is 0 Å². The summed E-state index contributed by atoms with van der Waals surface area (Å²) < 4.78 is 2.43. The number of hydrogen-bond acceptors (Lipinski definition) is 2. The molecule has 0 bridgehead atoms. The minimum absolute atomic E-state index is 0.289. The molecule has 0 saturated heterocycles. The van der Waals surface area contributed by atoms with Crippen molar-refractivity contribution in [3.63, 3.8) is 0 Å². The summed E-state index contributed by atoms with van der Waals surface area (Å²) >= 11 is 3.31. The van der Waals surface area contributed by atoms with Crippen molar-refractivity contribution < 1.29 is 0 Å². The Hall–Kier alpha value is -0.820. The highest BCUT2D eigenvalue weighted by atomic mass is 79.9. The number of nitrogens with zero attached hydrogens (tertiary/aromatic N) is 3. The fourth-order valence-corrected chi connectivity index (χ4v) is 1.40. The predicted octanol–water partition coefficient (Wildman–Crippen LogP) is 2.18. The lowest BCUT2D eigenvalue weighted by atomic mass is 10.1. The normalized spacial score (nSPS) is 10.3. The maximum Gasteiger partial charge on any atom is 0.121 e. The maximum atomic E-state index is 8.83. The molecule has 0 aliphatic rings. The monoisotopic (exact) mass is 227 g/mol. The van der Waals surface area contributed by atoms with Crippen LogP contribution in [0.15, 0.2) is 4.60 Å². The second-order valence-corrected chi connectivity index (χ2v) is 3.69. The van der Waals surface area contributed by atoms with Gasteiger partial charge in [0.25, 0.3) is 0 Å². The summed E-state index contributed by atoms with van der Waals surface area (Å²) in [6, 6.07) is 2.14. The Morgan fingerprint density at radius 2 is 2.17 bits per heavy atom. The van der Waals surface area contributed by atoms with Crippen molar-refractivity contribution in [3.8, 4) is 6.07 Å². The van der Waals surface area contributed by atoms with Gasteiger partial charge in [0.05, 0.1) is 5.69 Å². The third kappa shape index (κ3) is 1.37. The van der Waals surface area contributed by atoms with Gasteiger partial charge in [0.2, 0.25) is 0 Å². The zero-order valence-corrected chi connectivity index (χ0v) is 8.88. The highest BCUT2D eigenvalue weighted by Crippen LogP contribution is 2.24. The number of aryl methyl sites for hydroxylation is 1. The SMILES string of the molecule is CC(C)c1nn(C)c(Br)c1C#N. The molecule has 1 aromatic rings. The molecule has 0 unspecified atom stereocenters. The molecule has 4 heteroatoms. The number of nitriles is 1. The second kappa shape index (κ2) is 3.28. The van der Waals surface area contributed by atoms with Gasteiger partial charge in [0.1, 0.15) is 16.2 Å². The van der Waals surface area contributed by atoms with Crippen LogP contribution in [-0.4, -0.2) is 9.78 Å². The van der Waals surface area contributed by atoms with Gasteiger partial charge in [-0.05, 0) is 21.8 Å². The van der Waals surface area contributed by atoms with Crippen LogP contribution in [0.4, 0.5) is 0 Å². The molecule has 0 spiro atoms. The van der Waals surface area contributed by atoms with E-state index < -0.39 is 0 Å². The highest BCUT2D eigenvalue weighted by molar-refractivity contribution is 9.10. The Morgan fingerprint density at radius 1 is 1.58 bits per heavy atom. The first-order chi connectivity index (χ1) is 5.57. The van der Waals surface area contributed by atoms with Crippen LogP contribution in [-0.2, 0) is 7.05 Å². The molecule has 1 aromatic heterocycles. The van der Waals surface area contributed by atoms with Gasteiger partial charge in [-0.15, -0.1) is 0 Å². The number of rotatable bonds is 1. The zero-order chi connectivity index (χ0) is 9.30. The van der Waals surface area contributed by atoms with E-state index in [0.29, 0.717) is 5.56 Å². The molecule has 0 N–H and O–H groups in total. The van der Waals surface area contributed by atoms with Gasteiger partial charge in [-0.1, -0.05) is 13.8 Å². The van der Waals surface area contributed by atoms with Crippen LogP contribution in [0.5, 0.6) is 0 Å². The molecule has 0 aliphatic heterocycles. The fourth-order valence-electron chi connectivity index (χ4n) is 1.03. The van der Waals surface area contributed by atoms with Crippen LogP contribution < -0.4 is 0 Å². The smallest absolute Gasteiger partial charge is 0.121 e. The van der Waals surface area contributed by atoms with E-state index >= 15 is 0 Å². The average molecular weight is 228 g/mol. The van der Waals surface area contributed by atoms with Crippen molar-refractivity contribution in [1.29, 1.82) is 5.26 Å². The van der Waals surface area contributed by atoms with Gasteiger partial charge in [-0.3, -0.25) is 4.68 Å². The van der Waals surface area contributed by atoms with E-state index in [1.807, 2.05) is 20.9 Å². The minimum Gasteiger partial charge on any atom is -0.260 e. The Morgan fingerprint density at radius 3 is 2.50 bits per heavy atom. The molecule has 64 valence electrons. The van der Waals surface area contributed by atoms with Crippen molar-refractivity contribution in [3.05, 3.63) is 15.9 Å². The number of aromatic nitrogens is 2. The molecule has 0 fully saturated rings. The van der Waals surface area contributed by atoms with E-state index in [-0.39, 0.29) is 5.92 Å². The Balaban J connectivity index is 3.32. The molecule has 0 aliphatic carbocycles. The Kier molecular flexibility index (Phi) is 2.53. The van der Waals surface area contributed by atoms with E-state index in [4.69, 9.17) is 5.26 Å². The quantitative estimate of drug-likeness (QED) is 0.739. The molecular weight excluding hydrogens is 218 g/mol. The lowest BCUT2D eigenvalue weighted by Gasteiger charge is -1.97. The first kappa shape index (κ1) is 9.27. The van der Waals surface area contributed by atoms with Crippen LogP contribution in [0, 0.1) is 11.3 Å². The largest absolute Gasteiger partial charge is 0.260 e. The van der Waals surface area contributed by atoms with Crippen molar-refractivity contribution in [2.45, 2.75) is 19.8 Å². The van der Waals surface area contributed by atoms with Crippen molar-refractivity contribution in [1.82, 2.24) is 9.78 Å². The molecule has 1 rings (SSSR count). The fraction of sp³-hybridized carbons (Fsp3) is 0.500. The first-order valence-corrected chi connectivity index (χ1v) is 4.49. The van der Waals surface area contributed by atoms with Crippen molar-refractivity contribution >= 4 is 15.9 Å². The summed E-state index contributed by atoms with van der Waals surface area (Å²) in [6.07, 6.45) is 0. The van der Waals surface area contributed by atoms with E-state index in [2.05, 4.69) is 27.1 Å². The van der Waals surface area contributed by atoms with Gasteiger partial charge < -0.3 is 0 Å². The topological polar surface area (TPSA) is 41.6 Å². The van der Waals surface area contributed by atoms with Crippen molar-refractivity contribution in [2.75, 3.05) is 0 Å². The molecule has 3 nitrogen and oxygen atoms in total. The van der Waals surface area contributed by atoms with E-state index in [0.717, 1.165) is 10.3 Å². The van der Waals surface area contributed by atoms with Gasteiger partial charge in [0, 0.05) is 7.05 Å². The molecule has 0 aromatic carbocycles. The minimum atomic E-state index is 0.289. The first-order valence-electron chi connectivity index (χ1n) is 3.70. The van der Waals surface area contributed by atoms with E-state index in [1.165, 1.54) is 0 Å². The highest BCUT2D eigenvalue weighted by Gasteiger charge is 2.15. The number of halogens is 1. The standard InChI is InChI=1S/C8H10BrN3/c1-5(2)7-6(4-10)8(9)12(3)11-7/h5H,1-3H3. The lowest BCUT2D eigenvalue weighted by molar-refractivity contribution is 0.703. The van der Waals surface area contributed by atoms with Gasteiger partial charge in [-0.2, -0.15) is 10.4 Å². The summed E-state index contributed by atoms with van der Waals surface area (Å²) in [5, 5.41) is 13.1. The van der Waals surface area contributed by atoms with E-state index in [1.54, 1.807) is 4.68 Å². The third-order valence-corrected chi connectivity index (χ3v) is 2.57. The van der Waals surface area contributed by atoms with Crippen LogP contribution >= 0.6 is 15.9 Å². The second-order valence-electron chi connectivity index (χ2n) is 2.94. The summed E-state index contributed by atoms with van der Waals surface area (Å²) in [6.45, 7) is 4.05. The van der Waals surface area contributed by atoms with Crippen molar-refractivity contribution in [2.24, 2.45) is 7.05 Å². The lowest BCUT2D eigenvalue weighted by Crippen LogP contribution is -1.93. The van der Waals surface area contributed by atoms with Crippen LogP contribution in [0.2, 0.25) is 0 Å². The molecule has 0 amide bonds. The summed E-state index contributed by atoms with van der Waals surface area (Å²) in [4.78, 5) is 0. The molecule has 0 radical (unpaired) electrons. The van der Waals surface area contributed by atoms with Crippen LogP contribution in [0.25, 0.3) is 0 Å². The molecule has 0 atom stereocenters. The zero-order valence-electron chi connectivity index (χ0n) is 7.30. The molecule has 0 saturated carbocycles. The van der Waals surface area contributed by atoms with Crippen LogP contribution in [0.3, 0.4) is 0 Å². The molecule has 12 heavy (non-hydrogen) atoms. The predicted molar refractivity (Wildman–Crippen MR) is 49.7 cm³/mol. The summed E-state index contributed by atoms with van der Waals surface area (Å²) in [5.74, 6) is 0.289. The Bertz CT molecular complexity index is 333. The average Bonchev–Trinajstić information content (AvgIpc) is 2.29. The third-order valence-electron chi connectivity index (χ3n) is 1.66. The Labute approximate surface area is 80.1 Å². The number of hydrogen-bond donors (Lipinski definition) is 0. The van der Waals surface area contributed by atoms with Crippen LogP contribution in [0.1, 0.15) is 31.0 Å². The molecular formula is C8H10BrN3.